The number of nitrogens with zero attached hydrogens (tertiary/aromatic N) is 3. The van der Waals surface area contributed by atoms with Crippen LogP contribution in [0.25, 0.3) is 0 Å². The molecule has 0 radical (unpaired) electrons. The van der Waals surface area contributed by atoms with Gasteiger partial charge in [0.15, 0.2) is 5.82 Å². The first-order valence-electron chi connectivity index (χ1n) is 8.46. The largest absolute Gasteiger partial charge is 0.305 e. The van der Waals surface area contributed by atoms with Crippen LogP contribution in [-0.4, -0.2) is 46.4 Å². The molecule has 0 spiro atoms. The van der Waals surface area contributed by atoms with E-state index in [9.17, 15) is 9.18 Å². The lowest BCUT2D eigenvalue weighted by atomic mass is 10.1. The number of anilines is 1. The maximum Gasteiger partial charge on any atom is 0.256 e. The molecule has 0 unspecified atom stereocenters. The first kappa shape index (κ1) is 17.8. The summed E-state index contributed by atoms with van der Waals surface area (Å²) in [5.74, 6) is 0.483. The van der Waals surface area contributed by atoms with Crippen LogP contribution in [0.3, 0.4) is 0 Å². The summed E-state index contributed by atoms with van der Waals surface area (Å²) < 4.78 is 13.2. The highest BCUT2D eigenvalue weighted by Gasteiger charge is 2.10. The highest BCUT2D eigenvalue weighted by Crippen LogP contribution is 2.17. The van der Waals surface area contributed by atoms with Crippen molar-refractivity contribution < 1.29 is 9.18 Å². The summed E-state index contributed by atoms with van der Waals surface area (Å²) in [4.78, 5) is 14.5. The lowest BCUT2D eigenvalue weighted by molar-refractivity contribution is 0.102. The highest BCUT2D eigenvalue weighted by atomic mass is 32.2. The van der Waals surface area contributed by atoms with Crippen molar-refractivity contribution in [1.29, 1.82) is 0 Å². The predicted molar refractivity (Wildman–Crippen MR) is 97.4 cm³/mol. The maximum absolute atomic E-state index is 13.2. The molecule has 0 aliphatic carbocycles. The van der Waals surface area contributed by atoms with Gasteiger partial charge in [0.25, 0.3) is 5.91 Å². The van der Waals surface area contributed by atoms with Gasteiger partial charge in [0.05, 0.1) is 0 Å². The molecule has 1 aromatic carbocycles. The topological polar surface area (TPSA) is 58.1 Å². The molecule has 0 atom stereocenters. The number of aromatic nitrogens is 2. The fourth-order valence-corrected chi connectivity index (χ4v) is 3.57. The van der Waals surface area contributed by atoms with Crippen molar-refractivity contribution in [2.45, 2.75) is 24.3 Å². The number of rotatable bonds is 6. The zero-order valence-corrected chi connectivity index (χ0v) is 14.8. The number of thioether (sulfide) groups is 1. The van der Waals surface area contributed by atoms with E-state index in [1.807, 2.05) is 6.07 Å². The SMILES string of the molecule is O=C(Nc1ccc(SCCN2CCCCC2)nn1)c1cccc(F)c1. The molecule has 1 aliphatic heterocycles. The number of halogens is 1. The van der Waals surface area contributed by atoms with Crippen molar-refractivity contribution in [3.63, 3.8) is 0 Å². The van der Waals surface area contributed by atoms with Crippen LogP contribution >= 0.6 is 11.8 Å². The van der Waals surface area contributed by atoms with Crippen LogP contribution in [0.15, 0.2) is 41.4 Å². The minimum Gasteiger partial charge on any atom is -0.305 e. The van der Waals surface area contributed by atoms with Crippen molar-refractivity contribution in [1.82, 2.24) is 15.1 Å². The van der Waals surface area contributed by atoms with Gasteiger partial charge in [-0.2, -0.15) is 0 Å². The van der Waals surface area contributed by atoms with Gasteiger partial charge in [-0.25, -0.2) is 4.39 Å². The smallest absolute Gasteiger partial charge is 0.256 e. The Kier molecular flexibility index (Phi) is 6.36. The molecule has 2 heterocycles. The van der Waals surface area contributed by atoms with Gasteiger partial charge in [-0.05, 0) is 56.3 Å². The number of benzene rings is 1. The van der Waals surface area contributed by atoms with E-state index in [1.165, 1.54) is 50.6 Å². The Morgan fingerprint density at radius 3 is 2.72 bits per heavy atom. The molecule has 0 bridgehead atoms. The van der Waals surface area contributed by atoms with Crippen LogP contribution in [0, 0.1) is 5.82 Å². The monoisotopic (exact) mass is 360 g/mol. The second-order valence-electron chi connectivity index (χ2n) is 5.97. The summed E-state index contributed by atoms with van der Waals surface area (Å²) >= 11 is 1.66. The first-order valence-corrected chi connectivity index (χ1v) is 9.45. The Morgan fingerprint density at radius 1 is 1.16 bits per heavy atom. The number of carbonyl (C=O) groups is 1. The molecule has 1 amide bonds. The molecule has 2 aromatic rings. The van der Waals surface area contributed by atoms with Crippen molar-refractivity contribution in [2.75, 3.05) is 30.7 Å². The van der Waals surface area contributed by atoms with Crippen molar-refractivity contribution in [3.05, 3.63) is 47.8 Å². The van der Waals surface area contributed by atoms with Crippen LogP contribution in [0.1, 0.15) is 29.6 Å². The van der Waals surface area contributed by atoms with E-state index in [-0.39, 0.29) is 5.56 Å². The number of nitrogens with one attached hydrogen (secondary N) is 1. The van der Waals surface area contributed by atoms with Crippen molar-refractivity contribution >= 4 is 23.5 Å². The van der Waals surface area contributed by atoms with E-state index >= 15 is 0 Å². The summed E-state index contributed by atoms with van der Waals surface area (Å²) in [6, 6.07) is 9.09. The summed E-state index contributed by atoms with van der Waals surface area (Å²) in [5.41, 5.74) is 0.252. The average Bonchev–Trinajstić information content (AvgIpc) is 2.64. The van der Waals surface area contributed by atoms with Gasteiger partial charge in [0.1, 0.15) is 10.8 Å². The number of hydrogen-bond donors (Lipinski definition) is 1. The normalized spacial score (nSPS) is 15.1. The number of amides is 1. The Balaban J connectivity index is 1.47. The third-order valence-corrected chi connectivity index (χ3v) is 4.97. The molecule has 0 saturated carbocycles. The van der Waals surface area contributed by atoms with Gasteiger partial charge in [0.2, 0.25) is 0 Å². The van der Waals surface area contributed by atoms with Crippen LogP contribution in [0.4, 0.5) is 10.2 Å². The van der Waals surface area contributed by atoms with Crippen LogP contribution in [0.5, 0.6) is 0 Å². The van der Waals surface area contributed by atoms with E-state index in [2.05, 4.69) is 20.4 Å². The van der Waals surface area contributed by atoms with Gasteiger partial charge in [0, 0.05) is 17.9 Å². The maximum atomic E-state index is 13.2. The molecule has 132 valence electrons. The second-order valence-corrected chi connectivity index (χ2v) is 7.09. The van der Waals surface area contributed by atoms with E-state index in [0.29, 0.717) is 5.82 Å². The zero-order chi connectivity index (χ0) is 17.5. The summed E-state index contributed by atoms with van der Waals surface area (Å²) in [6.45, 7) is 3.44. The fourth-order valence-electron chi connectivity index (χ4n) is 2.74. The Bertz CT molecular complexity index is 704. The Hall–Kier alpha value is -1.99. The molecule has 1 aliphatic rings. The molecule has 1 aromatic heterocycles. The van der Waals surface area contributed by atoms with Crippen molar-refractivity contribution in [2.24, 2.45) is 0 Å². The number of likely N-dealkylation sites (tertiary alicyclic amines) is 1. The molecule has 1 saturated heterocycles. The standard InChI is InChI=1S/C18H21FN4OS/c19-15-6-4-5-14(13-15)18(24)20-16-7-8-17(22-21-16)25-12-11-23-9-2-1-3-10-23/h4-8,13H,1-3,9-12H2,(H,20,21,24). The van der Waals surface area contributed by atoms with Gasteiger partial charge < -0.3 is 10.2 Å². The molecule has 25 heavy (non-hydrogen) atoms. The van der Waals surface area contributed by atoms with E-state index in [1.54, 1.807) is 23.9 Å². The van der Waals surface area contributed by atoms with Crippen molar-refractivity contribution in [3.8, 4) is 0 Å². The summed E-state index contributed by atoms with van der Waals surface area (Å²) in [6.07, 6.45) is 3.94. The fraction of sp³-hybridized carbons (Fsp3) is 0.389. The van der Waals surface area contributed by atoms with Gasteiger partial charge in [-0.15, -0.1) is 22.0 Å². The van der Waals surface area contributed by atoms with Crippen LogP contribution < -0.4 is 5.32 Å². The number of hydrogen-bond acceptors (Lipinski definition) is 5. The molecular formula is C18H21FN4OS. The predicted octanol–water partition coefficient (Wildman–Crippen LogP) is 3.45. The van der Waals surface area contributed by atoms with Gasteiger partial charge in [-0.1, -0.05) is 12.5 Å². The number of piperidine rings is 1. The lowest BCUT2D eigenvalue weighted by Gasteiger charge is -2.25. The van der Waals surface area contributed by atoms with E-state index < -0.39 is 11.7 Å². The summed E-state index contributed by atoms with van der Waals surface area (Å²) in [5, 5.41) is 11.6. The van der Waals surface area contributed by atoms with Crippen LogP contribution in [0.2, 0.25) is 0 Å². The third-order valence-electron chi connectivity index (χ3n) is 4.07. The minimum atomic E-state index is -0.445. The molecule has 1 fully saturated rings. The third kappa shape index (κ3) is 5.51. The lowest BCUT2D eigenvalue weighted by Crippen LogP contribution is -2.31. The Labute approximate surface area is 151 Å². The average molecular weight is 360 g/mol. The highest BCUT2D eigenvalue weighted by molar-refractivity contribution is 7.99. The van der Waals surface area contributed by atoms with E-state index in [4.69, 9.17) is 0 Å². The van der Waals surface area contributed by atoms with Crippen LogP contribution in [-0.2, 0) is 0 Å². The van der Waals surface area contributed by atoms with Gasteiger partial charge in [-0.3, -0.25) is 4.79 Å². The molecule has 3 rings (SSSR count). The van der Waals surface area contributed by atoms with E-state index in [0.717, 1.165) is 17.3 Å². The summed E-state index contributed by atoms with van der Waals surface area (Å²) in [7, 11) is 0. The molecule has 5 nitrogen and oxygen atoms in total. The zero-order valence-electron chi connectivity index (χ0n) is 13.9. The molecule has 7 heteroatoms. The quantitative estimate of drug-likeness (QED) is 0.800. The molecular weight excluding hydrogens is 339 g/mol. The second kappa shape index (κ2) is 8.92. The Morgan fingerprint density at radius 2 is 2.00 bits per heavy atom. The van der Waals surface area contributed by atoms with Gasteiger partial charge >= 0.3 is 0 Å². The molecule has 1 N–H and O–H groups in total. The first-order chi connectivity index (χ1) is 12.2. The minimum absolute atomic E-state index is 0.252. The number of carbonyl (C=O) groups excluding carboxylic acids is 1.